The van der Waals surface area contributed by atoms with Gasteiger partial charge in [-0.25, -0.2) is 4.99 Å². The minimum absolute atomic E-state index is 0.0537. The van der Waals surface area contributed by atoms with Gasteiger partial charge in [-0.05, 0) is 105 Å². The van der Waals surface area contributed by atoms with Crippen molar-refractivity contribution in [3.63, 3.8) is 0 Å². The first-order valence-corrected chi connectivity index (χ1v) is 12.8. The number of thioether (sulfide) groups is 1. The number of amides is 1. The van der Waals surface area contributed by atoms with Gasteiger partial charge in [0.25, 0.3) is 5.91 Å². The Morgan fingerprint density at radius 2 is 1.91 bits per heavy atom. The molecule has 0 N–H and O–H groups in total. The summed E-state index contributed by atoms with van der Waals surface area (Å²) < 4.78 is 0. The van der Waals surface area contributed by atoms with E-state index in [0.717, 1.165) is 40.7 Å². The van der Waals surface area contributed by atoms with Crippen molar-refractivity contribution in [1.29, 1.82) is 0 Å². The zero-order chi connectivity index (χ0) is 23.8. The lowest BCUT2D eigenvalue weighted by Crippen LogP contribution is -2.48. The van der Waals surface area contributed by atoms with E-state index in [9.17, 15) is 4.79 Å². The molecule has 0 aliphatic carbocycles. The molecule has 1 saturated heterocycles. The SMILES string of the molecule is CCCN1C(=O)/C(=C\c2cc3c(cc2C)N(CC)C(C)(C)CC3C)SC1=Nc1ccccc1. The summed E-state index contributed by atoms with van der Waals surface area (Å²) in [6.45, 7) is 15.1. The highest BCUT2D eigenvalue weighted by molar-refractivity contribution is 8.18. The van der Waals surface area contributed by atoms with Gasteiger partial charge in [-0.3, -0.25) is 9.69 Å². The maximum Gasteiger partial charge on any atom is 0.266 e. The number of amidine groups is 1. The zero-order valence-electron chi connectivity index (χ0n) is 20.7. The number of rotatable bonds is 5. The maximum absolute atomic E-state index is 13.3. The second-order valence-electron chi connectivity index (χ2n) is 9.73. The molecule has 33 heavy (non-hydrogen) atoms. The molecule has 1 fully saturated rings. The third-order valence-electron chi connectivity index (χ3n) is 6.69. The van der Waals surface area contributed by atoms with E-state index in [2.05, 4.69) is 64.7 Å². The number of aliphatic imine (C=N–C) groups is 1. The van der Waals surface area contributed by atoms with Crippen molar-refractivity contribution in [2.24, 2.45) is 4.99 Å². The van der Waals surface area contributed by atoms with Crippen molar-refractivity contribution < 1.29 is 4.79 Å². The first-order chi connectivity index (χ1) is 15.7. The second kappa shape index (κ2) is 9.38. The van der Waals surface area contributed by atoms with Crippen LogP contribution in [0.3, 0.4) is 0 Å². The zero-order valence-corrected chi connectivity index (χ0v) is 21.5. The first-order valence-electron chi connectivity index (χ1n) is 12.0. The van der Waals surface area contributed by atoms with E-state index in [-0.39, 0.29) is 11.4 Å². The highest BCUT2D eigenvalue weighted by Crippen LogP contribution is 2.45. The third-order valence-corrected chi connectivity index (χ3v) is 7.70. The topological polar surface area (TPSA) is 35.9 Å². The third kappa shape index (κ3) is 4.61. The molecule has 1 amide bonds. The van der Waals surface area contributed by atoms with Gasteiger partial charge in [0, 0.05) is 24.3 Å². The lowest BCUT2D eigenvalue weighted by molar-refractivity contribution is -0.122. The minimum Gasteiger partial charge on any atom is -0.366 e. The van der Waals surface area contributed by atoms with Gasteiger partial charge in [-0.15, -0.1) is 0 Å². The summed E-state index contributed by atoms with van der Waals surface area (Å²) in [5, 5.41) is 0.766. The van der Waals surface area contributed by atoms with Gasteiger partial charge in [0.05, 0.1) is 10.6 Å². The number of aryl methyl sites for hydroxylation is 1. The Morgan fingerprint density at radius 1 is 1.18 bits per heavy atom. The van der Waals surface area contributed by atoms with Gasteiger partial charge in [0.1, 0.15) is 0 Å². The van der Waals surface area contributed by atoms with Crippen molar-refractivity contribution in [2.45, 2.75) is 65.8 Å². The van der Waals surface area contributed by atoms with Crippen LogP contribution in [-0.4, -0.2) is 34.6 Å². The Bertz CT molecular complexity index is 1100. The molecular weight excluding hydrogens is 426 g/mol. The van der Waals surface area contributed by atoms with Crippen LogP contribution in [0.5, 0.6) is 0 Å². The molecule has 2 heterocycles. The highest BCUT2D eigenvalue weighted by atomic mass is 32.2. The van der Waals surface area contributed by atoms with Crippen LogP contribution < -0.4 is 4.90 Å². The smallest absolute Gasteiger partial charge is 0.266 e. The van der Waals surface area contributed by atoms with E-state index in [4.69, 9.17) is 4.99 Å². The summed E-state index contributed by atoms with van der Waals surface area (Å²) in [7, 11) is 0. The predicted octanol–water partition coefficient (Wildman–Crippen LogP) is 7.12. The van der Waals surface area contributed by atoms with Gasteiger partial charge in [0.15, 0.2) is 5.17 Å². The predicted molar refractivity (Wildman–Crippen MR) is 142 cm³/mol. The molecule has 2 aliphatic rings. The molecule has 0 saturated carbocycles. The quantitative estimate of drug-likeness (QED) is 0.445. The fourth-order valence-corrected chi connectivity index (χ4v) is 6.19. The molecular formula is C28H35N3OS. The van der Waals surface area contributed by atoms with Crippen molar-refractivity contribution in [2.75, 3.05) is 18.0 Å². The van der Waals surface area contributed by atoms with Gasteiger partial charge in [0.2, 0.25) is 0 Å². The lowest BCUT2D eigenvalue weighted by atomic mass is 9.79. The molecule has 4 nitrogen and oxygen atoms in total. The van der Waals surface area contributed by atoms with E-state index in [1.54, 1.807) is 0 Å². The summed E-state index contributed by atoms with van der Waals surface area (Å²) in [5.41, 5.74) is 6.07. The van der Waals surface area contributed by atoms with Gasteiger partial charge >= 0.3 is 0 Å². The number of carbonyl (C=O) groups excluding carboxylic acids is 1. The number of hydrogen-bond acceptors (Lipinski definition) is 4. The van der Waals surface area contributed by atoms with Crippen LogP contribution in [0.1, 0.15) is 70.1 Å². The number of para-hydroxylation sites is 1. The number of carbonyl (C=O) groups is 1. The number of hydrogen-bond donors (Lipinski definition) is 0. The molecule has 174 valence electrons. The molecule has 0 aromatic heterocycles. The number of benzene rings is 2. The van der Waals surface area contributed by atoms with Gasteiger partial charge < -0.3 is 4.90 Å². The van der Waals surface area contributed by atoms with Crippen LogP contribution in [0.2, 0.25) is 0 Å². The normalized spacial score (nSPS) is 22.4. The number of fused-ring (bicyclic) bond motifs is 1. The average molecular weight is 462 g/mol. The highest BCUT2D eigenvalue weighted by Gasteiger charge is 2.36. The molecule has 1 unspecified atom stereocenters. The van der Waals surface area contributed by atoms with Crippen LogP contribution in [0.15, 0.2) is 52.4 Å². The van der Waals surface area contributed by atoms with Crippen LogP contribution in [0, 0.1) is 6.92 Å². The lowest BCUT2D eigenvalue weighted by Gasteiger charge is -2.47. The summed E-state index contributed by atoms with van der Waals surface area (Å²) in [6, 6.07) is 14.5. The molecule has 2 aromatic rings. The molecule has 2 aromatic carbocycles. The largest absolute Gasteiger partial charge is 0.366 e. The van der Waals surface area contributed by atoms with Crippen LogP contribution in [0.4, 0.5) is 11.4 Å². The fourth-order valence-electron chi connectivity index (χ4n) is 5.17. The van der Waals surface area contributed by atoms with E-state index >= 15 is 0 Å². The van der Waals surface area contributed by atoms with Crippen molar-refractivity contribution in [1.82, 2.24) is 4.90 Å². The van der Waals surface area contributed by atoms with Gasteiger partial charge in [-0.2, -0.15) is 0 Å². The summed E-state index contributed by atoms with van der Waals surface area (Å²) in [5.74, 6) is 0.535. The van der Waals surface area contributed by atoms with Crippen LogP contribution >= 0.6 is 11.8 Å². The van der Waals surface area contributed by atoms with Crippen molar-refractivity contribution in [3.05, 3.63) is 64.1 Å². The summed E-state index contributed by atoms with van der Waals surface area (Å²) in [4.78, 5) is 23.2. The summed E-state index contributed by atoms with van der Waals surface area (Å²) >= 11 is 1.49. The minimum atomic E-state index is 0.0537. The monoisotopic (exact) mass is 461 g/mol. The molecule has 4 rings (SSSR count). The average Bonchev–Trinajstić information content (AvgIpc) is 3.04. The van der Waals surface area contributed by atoms with E-state index in [1.165, 1.54) is 28.6 Å². The Balaban J connectivity index is 1.72. The molecule has 0 spiro atoms. The standard InChI is InChI=1S/C28H35N3OS/c1-7-14-30-26(32)25(33-27(30)29-22-12-10-9-11-13-22)17-21-16-23-20(4)18-28(5,6)31(8-2)24(23)15-19(21)3/h9-13,15-17,20H,7-8,14,18H2,1-6H3/b25-17+,29-27?. The molecule has 2 aliphatic heterocycles. The molecule has 0 radical (unpaired) electrons. The first kappa shape index (κ1) is 23.6. The second-order valence-corrected chi connectivity index (χ2v) is 10.7. The van der Waals surface area contributed by atoms with E-state index in [1.807, 2.05) is 35.2 Å². The van der Waals surface area contributed by atoms with Gasteiger partial charge in [-0.1, -0.05) is 32.0 Å². The van der Waals surface area contributed by atoms with Crippen molar-refractivity contribution >= 4 is 40.3 Å². The van der Waals surface area contributed by atoms with Crippen molar-refractivity contribution in [3.8, 4) is 0 Å². The Hall–Kier alpha value is -2.53. The fraction of sp³-hybridized carbons (Fsp3) is 0.429. The summed E-state index contributed by atoms with van der Waals surface area (Å²) in [6.07, 6.45) is 4.09. The molecule has 5 heteroatoms. The molecule has 0 bridgehead atoms. The van der Waals surface area contributed by atoms with E-state index < -0.39 is 0 Å². The van der Waals surface area contributed by atoms with E-state index in [0.29, 0.717) is 12.5 Å². The number of nitrogens with zero attached hydrogens (tertiary/aromatic N) is 3. The van der Waals surface area contributed by atoms with Crippen LogP contribution in [-0.2, 0) is 4.79 Å². The number of anilines is 1. The molecule has 1 atom stereocenters. The Labute approximate surface area is 202 Å². The Morgan fingerprint density at radius 3 is 2.58 bits per heavy atom. The Kier molecular flexibility index (Phi) is 6.71. The maximum atomic E-state index is 13.3. The van der Waals surface area contributed by atoms with Crippen LogP contribution in [0.25, 0.3) is 6.08 Å².